The highest BCUT2D eigenvalue weighted by Gasteiger charge is 2.39. The largest absolute Gasteiger partial charge is 0.302 e. The van der Waals surface area contributed by atoms with E-state index in [1.807, 2.05) is 6.92 Å². The molecule has 2 atom stereocenters. The van der Waals surface area contributed by atoms with E-state index in [0.717, 1.165) is 16.8 Å². The number of anilines is 1. The smallest absolute Gasteiger partial charge is 0.230 e. The normalized spacial score (nSPS) is 16.9. The second-order valence-corrected chi connectivity index (χ2v) is 12.5. The van der Waals surface area contributed by atoms with Gasteiger partial charge in [0.1, 0.15) is 11.0 Å². The van der Waals surface area contributed by atoms with Crippen molar-refractivity contribution in [1.82, 2.24) is 14.9 Å². The molecule has 2 aromatic heterocycles. The first-order valence-electron chi connectivity index (χ1n) is 11.1. The van der Waals surface area contributed by atoms with E-state index in [9.17, 15) is 17.6 Å². The van der Waals surface area contributed by atoms with E-state index in [0.29, 0.717) is 22.8 Å². The minimum atomic E-state index is -3.28. The zero-order valence-electron chi connectivity index (χ0n) is 19.7. The quantitative estimate of drug-likeness (QED) is 0.418. The number of rotatable bonds is 7. The highest BCUT2D eigenvalue weighted by atomic mass is 35.5. The summed E-state index contributed by atoms with van der Waals surface area (Å²) in [7, 11) is -3.28. The highest BCUT2D eigenvalue weighted by Crippen LogP contribution is 2.46. The van der Waals surface area contributed by atoms with E-state index in [4.69, 9.17) is 16.6 Å². The number of benzene rings is 1. The third kappa shape index (κ3) is 5.55. The number of fused-ring (bicyclic) bond motifs is 1. The SMILES string of the molecule is CC(C)[C@H]1c2nc(NC(=O)Cc3ccc(S(C)(=O)=O)cc3)sc2CN1[C@H](C)c1cnc(Cl)cc1F. The molecular weight excluding hydrogens is 511 g/mol. The number of sulfone groups is 1. The van der Waals surface area contributed by atoms with Crippen LogP contribution in [0.5, 0.6) is 0 Å². The molecule has 4 rings (SSSR count). The van der Waals surface area contributed by atoms with Crippen LogP contribution in [0.2, 0.25) is 5.15 Å². The Morgan fingerprint density at radius 1 is 1.29 bits per heavy atom. The molecule has 7 nitrogen and oxygen atoms in total. The van der Waals surface area contributed by atoms with Gasteiger partial charge in [-0.25, -0.2) is 22.8 Å². The number of amides is 1. The van der Waals surface area contributed by atoms with Crippen molar-refractivity contribution in [3.8, 4) is 0 Å². The van der Waals surface area contributed by atoms with Gasteiger partial charge in [-0.15, -0.1) is 11.3 Å². The van der Waals surface area contributed by atoms with E-state index in [2.05, 4.69) is 29.0 Å². The van der Waals surface area contributed by atoms with E-state index in [1.165, 1.54) is 35.7 Å². The van der Waals surface area contributed by atoms with E-state index < -0.39 is 9.84 Å². The van der Waals surface area contributed by atoms with Crippen molar-refractivity contribution in [2.45, 2.75) is 50.7 Å². The molecule has 0 spiro atoms. The van der Waals surface area contributed by atoms with Gasteiger partial charge in [-0.1, -0.05) is 37.6 Å². The summed E-state index contributed by atoms with van der Waals surface area (Å²) >= 11 is 7.24. The van der Waals surface area contributed by atoms with Crippen LogP contribution in [0.25, 0.3) is 0 Å². The van der Waals surface area contributed by atoms with Crippen molar-refractivity contribution in [2.24, 2.45) is 5.92 Å². The molecule has 0 unspecified atom stereocenters. The van der Waals surface area contributed by atoms with Gasteiger partial charge in [0.15, 0.2) is 15.0 Å². The molecular formula is C24H26ClFN4O3S2. The lowest BCUT2D eigenvalue weighted by Crippen LogP contribution is -2.30. The summed E-state index contributed by atoms with van der Waals surface area (Å²) in [6.45, 7) is 6.71. The minimum Gasteiger partial charge on any atom is -0.302 e. The van der Waals surface area contributed by atoms with Gasteiger partial charge in [0, 0.05) is 41.5 Å². The van der Waals surface area contributed by atoms with Crippen molar-refractivity contribution in [3.05, 3.63) is 69.2 Å². The summed E-state index contributed by atoms with van der Waals surface area (Å²) in [5, 5.41) is 3.50. The molecule has 1 N–H and O–H groups in total. The van der Waals surface area contributed by atoms with Crippen LogP contribution in [-0.2, 0) is 27.6 Å². The molecule has 0 radical (unpaired) electrons. The van der Waals surface area contributed by atoms with Crippen LogP contribution in [0.4, 0.5) is 9.52 Å². The molecule has 0 saturated heterocycles. The van der Waals surface area contributed by atoms with Crippen LogP contribution in [0.1, 0.15) is 54.6 Å². The fraction of sp³-hybridized carbons (Fsp3) is 0.375. The maximum Gasteiger partial charge on any atom is 0.230 e. The predicted octanol–water partition coefficient (Wildman–Crippen LogP) is 5.19. The number of aromatic nitrogens is 2. The number of nitrogens with one attached hydrogen (secondary N) is 1. The second-order valence-electron chi connectivity index (χ2n) is 9.03. The number of halogens is 2. The predicted molar refractivity (Wildman–Crippen MR) is 135 cm³/mol. The van der Waals surface area contributed by atoms with Gasteiger partial charge in [-0.2, -0.15) is 0 Å². The molecule has 1 aliphatic heterocycles. The van der Waals surface area contributed by atoms with E-state index in [1.54, 1.807) is 12.1 Å². The van der Waals surface area contributed by atoms with Crippen molar-refractivity contribution in [2.75, 3.05) is 11.6 Å². The van der Waals surface area contributed by atoms with Crippen LogP contribution >= 0.6 is 22.9 Å². The van der Waals surface area contributed by atoms with Crippen LogP contribution in [0, 0.1) is 11.7 Å². The Morgan fingerprint density at radius 3 is 2.57 bits per heavy atom. The van der Waals surface area contributed by atoms with Crippen LogP contribution in [-0.4, -0.2) is 35.4 Å². The van der Waals surface area contributed by atoms with Gasteiger partial charge in [0.2, 0.25) is 5.91 Å². The number of carbonyl (C=O) groups excluding carboxylic acids is 1. The average Bonchev–Trinajstić information content (AvgIpc) is 3.29. The van der Waals surface area contributed by atoms with Gasteiger partial charge >= 0.3 is 0 Å². The Kier molecular flexibility index (Phi) is 7.28. The summed E-state index contributed by atoms with van der Waals surface area (Å²) in [5.41, 5.74) is 2.08. The monoisotopic (exact) mass is 536 g/mol. The lowest BCUT2D eigenvalue weighted by Gasteiger charge is -2.33. The molecule has 3 aromatic rings. The molecule has 186 valence electrons. The van der Waals surface area contributed by atoms with Gasteiger partial charge in [0.05, 0.1) is 23.1 Å². The molecule has 0 aliphatic carbocycles. The van der Waals surface area contributed by atoms with Gasteiger partial charge in [0.25, 0.3) is 0 Å². The highest BCUT2D eigenvalue weighted by molar-refractivity contribution is 7.90. The molecule has 1 amide bonds. The number of nitrogens with zero attached hydrogens (tertiary/aromatic N) is 3. The fourth-order valence-electron chi connectivity index (χ4n) is 4.37. The van der Waals surface area contributed by atoms with Crippen LogP contribution < -0.4 is 5.32 Å². The van der Waals surface area contributed by atoms with E-state index in [-0.39, 0.29) is 46.2 Å². The zero-order chi connectivity index (χ0) is 25.5. The van der Waals surface area contributed by atoms with E-state index >= 15 is 0 Å². The summed E-state index contributed by atoms with van der Waals surface area (Å²) < 4.78 is 37.8. The number of thiazole rings is 1. The first kappa shape index (κ1) is 25.7. The molecule has 35 heavy (non-hydrogen) atoms. The summed E-state index contributed by atoms with van der Waals surface area (Å²) in [6, 6.07) is 7.22. The van der Waals surface area contributed by atoms with Crippen molar-refractivity contribution in [3.63, 3.8) is 0 Å². The summed E-state index contributed by atoms with van der Waals surface area (Å²) in [4.78, 5) is 24.8. The number of hydrogen-bond acceptors (Lipinski definition) is 7. The average molecular weight is 537 g/mol. The maximum atomic E-state index is 14.6. The molecule has 0 saturated carbocycles. The number of pyridine rings is 1. The van der Waals surface area contributed by atoms with Gasteiger partial charge < -0.3 is 5.32 Å². The second kappa shape index (κ2) is 9.93. The Bertz CT molecular complexity index is 1360. The molecule has 1 aromatic carbocycles. The third-order valence-corrected chi connectivity index (χ3v) is 8.39. The lowest BCUT2D eigenvalue weighted by molar-refractivity contribution is -0.115. The molecule has 3 heterocycles. The van der Waals surface area contributed by atoms with Crippen LogP contribution in [0.15, 0.2) is 41.4 Å². The van der Waals surface area contributed by atoms with Crippen molar-refractivity contribution >= 4 is 43.8 Å². The Morgan fingerprint density at radius 2 is 1.97 bits per heavy atom. The summed E-state index contributed by atoms with van der Waals surface area (Å²) in [5.74, 6) is -0.410. The first-order chi connectivity index (χ1) is 16.4. The first-order valence-corrected chi connectivity index (χ1v) is 14.2. The Hall–Kier alpha value is -2.40. The molecule has 1 aliphatic rings. The third-order valence-electron chi connectivity index (χ3n) is 6.08. The fourth-order valence-corrected chi connectivity index (χ4v) is 6.17. The zero-order valence-corrected chi connectivity index (χ0v) is 22.1. The van der Waals surface area contributed by atoms with Crippen molar-refractivity contribution < 1.29 is 17.6 Å². The molecule has 0 fully saturated rings. The lowest BCUT2D eigenvalue weighted by atomic mass is 9.99. The Labute approximate surface area is 213 Å². The van der Waals surface area contributed by atoms with Crippen molar-refractivity contribution in [1.29, 1.82) is 0 Å². The topological polar surface area (TPSA) is 92.3 Å². The van der Waals surface area contributed by atoms with Gasteiger partial charge in [-0.3, -0.25) is 9.69 Å². The van der Waals surface area contributed by atoms with Crippen LogP contribution in [0.3, 0.4) is 0 Å². The molecule has 11 heteroatoms. The standard InChI is InChI=1S/C24H26ClFN4O3S2/c1-13(2)23-22-19(12-30(23)14(3)17-11-27-20(25)10-18(17)26)34-24(29-22)28-21(31)9-15-5-7-16(8-6-15)35(4,32)33/h5-8,10-11,13-14,23H,9,12H2,1-4H3,(H,28,29,31)/t14-,23+/m1/s1. The number of hydrogen-bond donors (Lipinski definition) is 1. The van der Waals surface area contributed by atoms with Gasteiger partial charge in [-0.05, 0) is 30.5 Å². The maximum absolute atomic E-state index is 14.6. The Balaban J connectivity index is 1.47. The molecule has 0 bridgehead atoms. The number of carbonyl (C=O) groups is 1. The minimum absolute atomic E-state index is 0.0412. The summed E-state index contributed by atoms with van der Waals surface area (Å²) in [6.07, 6.45) is 2.73.